The number of hydrogen-bond acceptors (Lipinski definition) is 2. The summed E-state index contributed by atoms with van der Waals surface area (Å²) in [5, 5.41) is 0. The molecule has 0 N–H and O–H groups in total. The first-order valence-corrected chi connectivity index (χ1v) is 11.8. The minimum Gasteiger partial charge on any atom is -0.256 e. The minimum atomic E-state index is 0.630. The zero-order chi connectivity index (χ0) is 25.9. The van der Waals surface area contributed by atoms with E-state index in [4.69, 9.17) is 4.98 Å². The first-order chi connectivity index (χ1) is 17.5. The summed E-state index contributed by atoms with van der Waals surface area (Å²) in [5.41, 5.74) is 9.82. The standard InChI is InChI=1S/C34H32N2/c1-7-13-26(8-2)30-22-23-35-34(24-30)28(10-4)21-20-27(9-3)31(11-5)33-15-12-14-32(36-33)29-18-16-25(6)17-19-29/h7-19,21-24H,1-5,20H2,6H3/b26-13+,28-21+,31-27+. The number of benzene rings is 1. The van der Waals surface area contributed by atoms with Gasteiger partial charge in [0.25, 0.3) is 0 Å². The highest BCUT2D eigenvalue weighted by atomic mass is 14.7. The molecule has 2 aromatic heterocycles. The summed E-state index contributed by atoms with van der Waals surface area (Å²) >= 11 is 0. The van der Waals surface area contributed by atoms with E-state index in [1.165, 1.54) is 5.56 Å². The third-order valence-corrected chi connectivity index (χ3v) is 5.84. The fourth-order valence-electron chi connectivity index (χ4n) is 3.86. The van der Waals surface area contributed by atoms with Crippen LogP contribution in [0.15, 0.2) is 142 Å². The van der Waals surface area contributed by atoms with Gasteiger partial charge in [-0.05, 0) is 59.9 Å². The molecule has 0 aliphatic carbocycles. The summed E-state index contributed by atoms with van der Waals surface area (Å²) in [6.45, 7) is 21.9. The zero-order valence-electron chi connectivity index (χ0n) is 21.0. The van der Waals surface area contributed by atoms with Gasteiger partial charge < -0.3 is 0 Å². The number of aryl methyl sites for hydroxylation is 1. The molecule has 0 bridgehead atoms. The number of allylic oxidation sites excluding steroid dienone is 11. The molecule has 1 aromatic carbocycles. The zero-order valence-corrected chi connectivity index (χ0v) is 21.0. The molecule has 3 aromatic rings. The maximum Gasteiger partial charge on any atom is 0.0712 e. The predicted molar refractivity (Wildman–Crippen MR) is 157 cm³/mol. The van der Waals surface area contributed by atoms with E-state index in [9.17, 15) is 0 Å². The Morgan fingerprint density at radius 1 is 0.806 bits per heavy atom. The average molecular weight is 469 g/mol. The fraction of sp³-hybridized carbons (Fsp3) is 0.0588. The lowest BCUT2D eigenvalue weighted by Gasteiger charge is -2.11. The molecule has 0 amide bonds. The molecule has 2 heterocycles. The molecule has 0 atom stereocenters. The van der Waals surface area contributed by atoms with Crippen molar-refractivity contribution in [3.63, 3.8) is 0 Å². The van der Waals surface area contributed by atoms with Crippen molar-refractivity contribution in [3.8, 4) is 11.3 Å². The summed E-state index contributed by atoms with van der Waals surface area (Å²) in [4.78, 5) is 9.49. The van der Waals surface area contributed by atoms with E-state index in [0.29, 0.717) is 6.42 Å². The molecule has 0 aliphatic rings. The van der Waals surface area contributed by atoms with Gasteiger partial charge in [-0.2, -0.15) is 0 Å². The topological polar surface area (TPSA) is 25.8 Å². The van der Waals surface area contributed by atoms with E-state index in [2.05, 4.69) is 75.1 Å². The maximum atomic E-state index is 4.92. The van der Waals surface area contributed by atoms with Crippen molar-refractivity contribution < 1.29 is 0 Å². The maximum absolute atomic E-state index is 4.92. The number of nitrogens with zero attached hydrogens (tertiary/aromatic N) is 2. The minimum absolute atomic E-state index is 0.630. The lowest BCUT2D eigenvalue weighted by atomic mass is 9.98. The van der Waals surface area contributed by atoms with Gasteiger partial charge in [0.1, 0.15) is 0 Å². The summed E-state index contributed by atoms with van der Waals surface area (Å²) < 4.78 is 0. The number of pyridine rings is 2. The van der Waals surface area contributed by atoms with Gasteiger partial charge in [-0.1, -0.05) is 111 Å². The molecule has 2 nitrogen and oxygen atoms in total. The van der Waals surface area contributed by atoms with E-state index >= 15 is 0 Å². The van der Waals surface area contributed by atoms with Crippen molar-refractivity contribution in [2.45, 2.75) is 13.3 Å². The normalized spacial score (nSPS) is 12.4. The van der Waals surface area contributed by atoms with Gasteiger partial charge in [-0.3, -0.25) is 4.98 Å². The number of hydrogen-bond donors (Lipinski definition) is 0. The van der Waals surface area contributed by atoms with E-state index in [0.717, 1.165) is 50.5 Å². The largest absolute Gasteiger partial charge is 0.256 e. The second-order valence-electron chi connectivity index (χ2n) is 8.18. The number of rotatable bonds is 11. The van der Waals surface area contributed by atoms with Crippen LogP contribution in [0.25, 0.3) is 28.0 Å². The van der Waals surface area contributed by atoms with Crippen molar-refractivity contribution >= 4 is 16.7 Å². The highest BCUT2D eigenvalue weighted by molar-refractivity contribution is 5.80. The third-order valence-electron chi connectivity index (χ3n) is 5.84. The molecule has 0 fully saturated rings. The van der Waals surface area contributed by atoms with E-state index in [1.807, 2.05) is 60.7 Å². The molecule has 0 spiro atoms. The highest BCUT2D eigenvalue weighted by Gasteiger charge is 2.09. The second kappa shape index (κ2) is 12.8. The van der Waals surface area contributed by atoms with Gasteiger partial charge in [0, 0.05) is 17.3 Å². The van der Waals surface area contributed by atoms with Crippen LogP contribution in [0, 0.1) is 6.92 Å². The first kappa shape index (κ1) is 26.1. The monoisotopic (exact) mass is 468 g/mol. The van der Waals surface area contributed by atoms with Crippen LogP contribution in [0.4, 0.5) is 0 Å². The quantitative estimate of drug-likeness (QED) is 0.262. The highest BCUT2D eigenvalue weighted by Crippen LogP contribution is 2.27. The van der Waals surface area contributed by atoms with Crippen LogP contribution in [-0.4, -0.2) is 9.97 Å². The molecule has 0 saturated heterocycles. The van der Waals surface area contributed by atoms with Crippen LogP contribution in [0.5, 0.6) is 0 Å². The Morgan fingerprint density at radius 3 is 2.19 bits per heavy atom. The Labute approximate surface area is 215 Å². The van der Waals surface area contributed by atoms with E-state index < -0.39 is 0 Å². The molecule has 0 radical (unpaired) electrons. The average Bonchev–Trinajstić information content (AvgIpc) is 2.92. The second-order valence-corrected chi connectivity index (χ2v) is 8.18. The first-order valence-electron chi connectivity index (χ1n) is 11.8. The van der Waals surface area contributed by atoms with Crippen LogP contribution >= 0.6 is 0 Å². The molecule has 178 valence electrons. The molecule has 0 aliphatic heterocycles. The Balaban J connectivity index is 1.98. The smallest absolute Gasteiger partial charge is 0.0712 e. The molecule has 2 heteroatoms. The van der Waals surface area contributed by atoms with Crippen molar-refractivity contribution in [1.82, 2.24) is 9.97 Å². The summed E-state index contributed by atoms with van der Waals surface area (Å²) in [7, 11) is 0. The molecular formula is C34H32N2. The van der Waals surface area contributed by atoms with E-state index in [-0.39, 0.29) is 0 Å². The molecule has 3 rings (SSSR count). The van der Waals surface area contributed by atoms with Gasteiger partial charge in [-0.15, -0.1) is 0 Å². The third kappa shape index (κ3) is 6.31. The van der Waals surface area contributed by atoms with Gasteiger partial charge >= 0.3 is 0 Å². The van der Waals surface area contributed by atoms with Crippen LogP contribution < -0.4 is 0 Å². The van der Waals surface area contributed by atoms with Gasteiger partial charge in [0.15, 0.2) is 0 Å². The van der Waals surface area contributed by atoms with Crippen LogP contribution in [0.3, 0.4) is 0 Å². The van der Waals surface area contributed by atoms with Crippen molar-refractivity contribution in [1.29, 1.82) is 0 Å². The van der Waals surface area contributed by atoms with Crippen molar-refractivity contribution in [2.24, 2.45) is 0 Å². The number of aromatic nitrogens is 2. The molecular weight excluding hydrogens is 436 g/mol. The SMILES string of the molecule is C=C/C=C(\C=C)c1ccnc(/C(C=C)=C/C/C(C=C)=C(\C=C)c2cccc(-c3ccc(C)cc3)n2)c1. The Bertz CT molecular complexity index is 1380. The van der Waals surface area contributed by atoms with Crippen molar-refractivity contribution in [3.05, 3.63) is 164 Å². The molecule has 0 saturated carbocycles. The lowest BCUT2D eigenvalue weighted by molar-refractivity contribution is 1.23. The van der Waals surface area contributed by atoms with E-state index in [1.54, 1.807) is 12.3 Å². The van der Waals surface area contributed by atoms with Crippen LogP contribution in [-0.2, 0) is 0 Å². The van der Waals surface area contributed by atoms with Crippen molar-refractivity contribution in [2.75, 3.05) is 0 Å². The predicted octanol–water partition coefficient (Wildman–Crippen LogP) is 8.99. The fourth-order valence-corrected chi connectivity index (χ4v) is 3.86. The Morgan fingerprint density at radius 2 is 1.56 bits per heavy atom. The van der Waals surface area contributed by atoms with Gasteiger partial charge in [0.05, 0.1) is 17.1 Å². The summed E-state index contributed by atoms with van der Waals surface area (Å²) in [5.74, 6) is 0. The Kier molecular flexibility index (Phi) is 9.25. The van der Waals surface area contributed by atoms with Crippen LogP contribution in [0.2, 0.25) is 0 Å². The van der Waals surface area contributed by atoms with Gasteiger partial charge in [0.2, 0.25) is 0 Å². The summed E-state index contributed by atoms with van der Waals surface area (Å²) in [6, 6.07) is 18.4. The van der Waals surface area contributed by atoms with Crippen LogP contribution in [0.1, 0.15) is 28.9 Å². The molecule has 36 heavy (non-hydrogen) atoms. The lowest BCUT2D eigenvalue weighted by Crippen LogP contribution is -1.94. The summed E-state index contributed by atoms with van der Waals surface area (Å²) in [6.07, 6.45) is 15.5. The Hall–Kier alpha value is -4.56. The van der Waals surface area contributed by atoms with Gasteiger partial charge in [-0.25, -0.2) is 4.98 Å². The molecule has 0 unspecified atom stereocenters.